The van der Waals surface area contributed by atoms with Gasteiger partial charge in [0.25, 0.3) is 0 Å². The molecule has 0 amide bonds. The Hall–Kier alpha value is -6.34. The Bertz CT molecular complexity index is 3320. The van der Waals surface area contributed by atoms with Gasteiger partial charge in [0.1, 0.15) is 66.3 Å². The number of rotatable bonds is 22. The highest BCUT2D eigenvalue weighted by Crippen LogP contribution is 2.53. The molecule has 23 heteroatoms. The molecule has 4 bridgehead atoms. The normalized spacial score (nSPS) is 17.7. The van der Waals surface area contributed by atoms with E-state index in [2.05, 4.69) is 31.8 Å². The monoisotopic (exact) mass is 1200 g/mol. The number of aliphatic carboxylic acids is 1. The highest BCUT2D eigenvalue weighted by atomic mass is 35.5. The van der Waals surface area contributed by atoms with Gasteiger partial charge >= 0.3 is 5.97 Å². The average Bonchev–Trinajstić information content (AvgIpc) is 3.61. The van der Waals surface area contributed by atoms with E-state index in [0.29, 0.717) is 150 Å². The molecule has 440 valence electrons. The van der Waals surface area contributed by atoms with Crippen LogP contribution in [0.1, 0.15) is 34.1 Å². The summed E-state index contributed by atoms with van der Waals surface area (Å²) in [7, 11) is 3.71. The van der Waals surface area contributed by atoms with Gasteiger partial charge in [0.15, 0.2) is 11.6 Å². The lowest BCUT2D eigenvalue weighted by Crippen LogP contribution is -2.49. The molecule has 2 saturated heterocycles. The third-order valence-corrected chi connectivity index (χ3v) is 16.3. The van der Waals surface area contributed by atoms with Crippen LogP contribution in [0.15, 0.2) is 79.3 Å². The molecule has 7 heterocycles. The lowest BCUT2D eigenvalue weighted by molar-refractivity contribution is -0.145. The van der Waals surface area contributed by atoms with E-state index in [1.165, 1.54) is 29.8 Å². The molecule has 3 aromatic heterocycles. The number of ether oxygens (including phenoxy) is 11. The van der Waals surface area contributed by atoms with E-state index >= 15 is 0 Å². The zero-order valence-corrected chi connectivity index (χ0v) is 48.9. The molecule has 0 saturated carbocycles. The second-order valence-electron chi connectivity index (χ2n) is 20.1. The van der Waals surface area contributed by atoms with E-state index in [-0.39, 0.29) is 53.2 Å². The maximum Gasteiger partial charge on any atom is 0.349 e. The van der Waals surface area contributed by atoms with Gasteiger partial charge in [0, 0.05) is 67.6 Å². The fourth-order valence-corrected chi connectivity index (χ4v) is 11.6. The van der Waals surface area contributed by atoms with Crippen molar-refractivity contribution in [1.29, 1.82) is 0 Å². The van der Waals surface area contributed by atoms with Crippen molar-refractivity contribution in [3.05, 3.63) is 123 Å². The minimum absolute atomic E-state index is 0.0274. The Labute approximate surface area is 494 Å². The summed E-state index contributed by atoms with van der Waals surface area (Å²) in [6.45, 7) is 12.0. The van der Waals surface area contributed by atoms with E-state index in [1.807, 2.05) is 32.0 Å². The molecular weight excluding hydrogens is 1130 g/mol. The zero-order valence-electron chi connectivity index (χ0n) is 46.5. The van der Waals surface area contributed by atoms with Gasteiger partial charge in [-0.1, -0.05) is 35.3 Å². The molecule has 0 spiro atoms. The van der Waals surface area contributed by atoms with Gasteiger partial charge in [-0.15, -0.1) is 11.3 Å². The number of aromatic nitrogens is 4. The number of thiophene rings is 1. The van der Waals surface area contributed by atoms with Crippen molar-refractivity contribution >= 4 is 50.7 Å². The van der Waals surface area contributed by atoms with Crippen LogP contribution in [0.5, 0.6) is 28.9 Å². The molecule has 0 aliphatic carbocycles. The number of likely N-dealkylation sites (N-methyl/N-ethyl adjacent to an activating group) is 1. The van der Waals surface area contributed by atoms with Crippen LogP contribution in [0.3, 0.4) is 0 Å². The number of carbonyl (C=O) groups is 1. The quantitative estimate of drug-likeness (QED) is 0.0629. The van der Waals surface area contributed by atoms with Crippen LogP contribution in [0.25, 0.3) is 43.2 Å². The standard InChI is InChI=1S/C60H65Cl2FN6O13S/c1-36-49-37(2)53(62)55(52(36)61)81-44(29-69-17-15-68(3)16-18-69)33-78-43-10-12-48(47(28-43)54(60(70)71)82-58-51-50(49)56(83-59(51)66-35-65-58)38-5-7-40(63)8-6-38)80-31-41-13-14-64-57(67-41)46-11-9-42(79-34-45-32-76-25-26-77-45)27-39(46)30-75-24-23-74-22-21-73-20-19-72-4/h5-14,27-28,35,44-45,54H,15-26,29-34H2,1-4H3,(H,70,71)/t44-,45-,54-/m1/s1. The number of carboxylic acids is 1. The summed E-state index contributed by atoms with van der Waals surface area (Å²) in [5.74, 6) is -0.0353. The van der Waals surface area contributed by atoms with Crippen molar-refractivity contribution in [2.45, 2.75) is 45.4 Å². The molecular formula is C60H65Cl2FN6O13S. The number of fused-ring (bicyclic) bond motifs is 6. The predicted octanol–water partition coefficient (Wildman–Crippen LogP) is 9.71. The van der Waals surface area contributed by atoms with Gasteiger partial charge in [0.2, 0.25) is 12.0 Å². The molecule has 7 aromatic rings. The Balaban J connectivity index is 0.983. The van der Waals surface area contributed by atoms with Crippen molar-refractivity contribution in [1.82, 2.24) is 29.7 Å². The maximum absolute atomic E-state index is 14.5. The summed E-state index contributed by atoms with van der Waals surface area (Å²) in [4.78, 5) is 38.4. The number of hydrogen-bond donors (Lipinski definition) is 1. The van der Waals surface area contributed by atoms with Crippen molar-refractivity contribution in [3.8, 4) is 61.8 Å². The summed E-state index contributed by atoms with van der Waals surface area (Å²) < 4.78 is 81.0. The topological polar surface area (TPSA) is 197 Å². The van der Waals surface area contributed by atoms with Crippen molar-refractivity contribution in [2.75, 3.05) is 120 Å². The van der Waals surface area contributed by atoms with E-state index in [4.69, 9.17) is 80.3 Å². The first kappa shape index (κ1) is 59.8. The van der Waals surface area contributed by atoms with Gasteiger partial charge in [0.05, 0.1) is 87.2 Å². The maximum atomic E-state index is 14.5. The molecule has 0 unspecified atom stereocenters. The number of nitrogens with zero attached hydrogens (tertiary/aromatic N) is 6. The zero-order chi connectivity index (χ0) is 57.8. The fraction of sp³-hybridized carbons (Fsp3) is 0.417. The summed E-state index contributed by atoms with van der Waals surface area (Å²) in [6, 6.07) is 18.3. The fourth-order valence-electron chi connectivity index (χ4n) is 9.91. The summed E-state index contributed by atoms with van der Waals surface area (Å²) in [5.41, 5.74) is 5.18. The van der Waals surface area contributed by atoms with E-state index in [1.54, 1.807) is 49.7 Å². The minimum Gasteiger partial charge on any atom is -0.491 e. The third kappa shape index (κ3) is 14.8. The van der Waals surface area contributed by atoms with Crippen LogP contribution in [-0.4, -0.2) is 173 Å². The van der Waals surface area contributed by atoms with Crippen molar-refractivity contribution in [3.63, 3.8) is 0 Å². The van der Waals surface area contributed by atoms with Gasteiger partial charge in [-0.05, 0) is 103 Å². The average molecular weight is 1200 g/mol. The van der Waals surface area contributed by atoms with Gasteiger partial charge in [-0.25, -0.2) is 29.1 Å². The van der Waals surface area contributed by atoms with E-state index in [9.17, 15) is 14.3 Å². The lowest BCUT2D eigenvalue weighted by atomic mass is 9.92. The lowest BCUT2D eigenvalue weighted by Gasteiger charge is -2.35. The second-order valence-corrected chi connectivity index (χ2v) is 21.8. The molecule has 0 radical (unpaired) electrons. The van der Waals surface area contributed by atoms with Crippen molar-refractivity contribution in [2.24, 2.45) is 0 Å². The van der Waals surface area contributed by atoms with Crippen LogP contribution in [0.4, 0.5) is 4.39 Å². The van der Waals surface area contributed by atoms with Crippen LogP contribution in [0, 0.1) is 19.7 Å². The largest absolute Gasteiger partial charge is 0.491 e. The number of hydrogen-bond acceptors (Lipinski definition) is 19. The highest BCUT2D eigenvalue weighted by molar-refractivity contribution is 7.22. The van der Waals surface area contributed by atoms with Crippen molar-refractivity contribution < 1.29 is 66.4 Å². The van der Waals surface area contributed by atoms with E-state index < -0.39 is 24.0 Å². The third-order valence-electron chi connectivity index (χ3n) is 14.3. The van der Waals surface area contributed by atoms with Gasteiger partial charge in [-0.3, -0.25) is 4.90 Å². The number of halogens is 3. The number of piperazine rings is 1. The second kappa shape index (κ2) is 28.5. The smallest absolute Gasteiger partial charge is 0.349 e. The summed E-state index contributed by atoms with van der Waals surface area (Å²) in [5, 5.41) is 12.2. The molecule has 83 heavy (non-hydrogen) atoms. The van der Waals surface area contributed by atoms with E-state index in [0.717, 1.165) is 31.7 Å². The molecule has 1 N–H and O–H groups in total. The molecule has 19 nitrogen and oxygen atoms in total. The molecule has 2 fully saturated rings. The first-order valence-electron chi connectivity index (χ1n) is 27.3. The molecule has 4 aromatic carbocycles. The first-order valence-corrected chi connectivity index (χ1v) is 28.9. The van der Waals surface area contributed by atoms with Crippen LogP contribution >= 0.6 is 34.5 Å². The number of methoxy groups -OCH3 is 1. The Morgan fingerprint density at radius 3 is 2.30 bits per heavy atom. The van der Waals surface area contributed by atoms with Gasteiger partial charge in [-0.2, -0.15) is 0 Å². The van der Waals surface area contributed by atoms with Crippen LogP contribution in [-0.2, 0) is 46.4 Å². The molecule has 11 rings (SSSR count). The Morgan fingerprint density at radius 2 is 1.57 bits per heavy atom. The molecule has 3 atom stereocenters. The minimum atomic E-state index is -1.73. The Kier molecular flexibility index (Phi) is 20.5. The highest BCUT2D eigenvalue weighted by Gasteiger charge is 2.34. The SMILES string of the molecule is COCCOCCOCCOCc1cc(OC[C@H]2COCCO2)ccc1-c1nccc(COc2ccc3cc2[C@H](C(=O)O)Oc2ncnc4sc(-c5ccc(F)cc5)c(c24)-c2c(C)c(Cl)c(c(Cl)c2C)O[C@H](CN2CCN(C)CC2)CO3)n1. The first-order chi connectivity index (χ1) is 40.4. The number of benzene rings is 4. The molecule has 4 aliphatic heterocycles. The number of carboxylic acid groups (broad SMARTS) is 1. The molecule has 4 aliphatic rings. The Morgan fingerprint density at radius 1 is 0.807 bits per heavy atom. The summed E-state index contributed by atoms with van der Waals surface area (Å²) in [6.07, 6.45) is 0.412. The van der Waals surface area contributed by atoms with Crippen LogP contribution < -0.4 is 23.7 Å². The summed E-state index contributed by atoms with van der Waals surface area (Å²) >= 11 is 16.0. The predicted molar refractivity (Wildman–Crippen MR) is 310 cm³/mol. The van der Waals surface area contributed by atoms with Crippen LogP contribution in [0.2, 0.25) is 10.0 Å². The van der Waals surface area contributed by atoms with Gasteiger partial charge < -0.3 is 62.1 Å².